The Morgan fingerprint density at radius 3 is 1.07 bits per heavy atom. The molecule has 2 aromatic carbocycles. The molecular formula is C55H71NO20. The van der Waals surface area contributed by atoms with Crippen LogP contribution >= 0.6 is 0 Å². The van der Waals surface area contributed by atoms with Crippen molar-refractivity contribution >= 4 is 53.8 Å². The molecule has 1 amide bonds. The fourth-order valence-corrected chi connectivity index (χ4v) is 3.72. The molecule has 1 unspecified atom stereocenters. The van der Waals surface area contributed by atoms with Gasteiger partial charge in [-0.2, -0.15) is 0 Å². The molecule has 0 aliphatic rings. The smallest absolute Gasteiger partial charge is 0.407 e. The van der Waals surface area contributed by atoms with Crippen LogP contribution in [0.25, 0.3) is 0 Å². The van der Waals surface area contributed by atoms with E-state index < -0.39 is 54.1 Å². The van der Waals surface area contributed by atoms with Gasteiger partial charge in [0.15, 0.2) is 0 Å². The van der Waals surface area contributed by atoms with Crippen LogP contribution in [0.15, 0.2) is 159 Å². The van der Waals surface area contributed by atoms with E-state index in [2.05, 4.69) is 76.9 Å². The molecule has 0 saturated heterocycles. The van der Waals surface area contributed by atoms with Crippen molar-refractivity contribution < 1.29 is 96.0 Å². The summed E-state index contributed by atoms with van der Waals surface area (Å²) in [6.45, 7) is 35.7. The Hall–Kier alpha value is -8.69. The lowest BCUT2D eigenvalue weighted by atomic mass is 10.2. The van der Waals surface area contributed by atoms with Crippen LogP contribution in [0.5, 0.6) is 0 Å². The number of hydrogen-bond donors (Lipinski definition) is 3. The normalized spacial score (nSPS) is 9.75. The van der Waals surface area contributed by atoms with Crippen molar-refractivity contribution in [2.75, 3.05) is 52.8 Å². The van der Waals surface area contributed by atoms with E-state index in [0.717, 1.165) is 23.3 Å². The molecule has 21 nitrogen and oxygen atoms in total. The highest BCUT2D eigenvalue weighted by atomic mass is 16.6. The molecule has 0 aliphatic heterocycles. The van der Waals surface area contributed by atoms with Crippen LogP contribution < -0.4 is 5.32 Å². The molecule has 0 bridgehead atoms. The minimum atomic E-state index is -1.05. The number of nitrogens with one attached hydrogen (secondary N) is 1. The van der Waals surface area contributed by atoms with Gasteiger partial charge in [-0.15, -0.1) is 0 Å². The highest BCUT2D eigenvalue weighted by molar-refractivity contribution is 5.89. The van der Waals surface area contributed by atoms with E-state index >= 15 is 0 Å². The number of esters is 8. The summed E-state index contributed by atoms with van der Waals surface area (Å²) in [4.78, 5) is 98.1. The first-order valence-electron chi connectivity index (χ1n) is 22.6. The van der Waals surface area contributed by atoms with Gasteiger partial charge in [0.25, 0.3) is 0 Å². The van der Waals surface area contributed by atoms with Gasteiger partial charge in [0, 0.05) is 45.6 Å². The van der Waals surface area contributed by atoms with Crippen molar-refractivity contribution in [1.82, 2.24) is 5.32 Å². The number of alkyl carbamates (subject to hydrolysis) is 1. The molecule has 0 fully saturated rings. The number of benzene rings is 2. The largest absolute Gasteiger partial charge is 0.460 e. The Kier molecular flexibility index (Phi) is 41.3. The lowest BCUT2D eigenvalue weighted by Gasteiger charge is -2.11. The summed E-state index contributed by atoms with van der Waals surface area (Å²) in [5, 5.41) is 20.9. The number of hydrogen-bond acceptors (Lipinski definition) is 20. The number of amides is 1. The molecule has 0 heterocycles. The van der Waals surface area contributed by atoms with Gasteiger partial charge >= 0.3 is 53.8 Å². The summed E-state index contributed by atoms with van der Waals surface area (Å²) >= 11 is 0. The first-order valence-corrected chi connectivity index (χ1v) is 22.6. The Morgan fingerprint density at radius 1 is 0.421 bits per heavy atom. The van der Waals surface area contributed by atoms with Crippen molar-refractivity contribution in [1.29, 1.82) is 0 Å². The first-order chi connectivity index (χ1) is 35.7. The summed E-state index contributed by atoms with van der Waals surface area (Å²) in [6.07, 6.45) is -0.651. The third-order valence-electron chi connectivity index (χ3n) is 7.65. The molecule has 2 rings (SSSR count). The molecule has 0 saturated carbocycles. The van der Waals surface area contributed by atoms with Crippen LogP contribution in [0.2, 0.25) is 0 Å². The summed E-state index contributed by atoms with van der Waals surface area (Å²) in [5.41, 5.74) is 3.67. The Labute approximate surface area is 443 Å². The molecule has 76 heavy (non-hydrogen) atoms. The molecule has 0 radical (unpaired) electrons. The van der Waals surface area contributed by atoms with E-state index in [-0.39, 0.29) is 92.6 Å². The highest BCUT2D eigenvalue weighted by Crippen LogP contribution is 2.04. The number of aliphatic hydroxyl groups is 2. The van der Waals surface area contributed by atoms with Gasteiger partial charge in [-0.1, -0.05) is 113 Å². The summed E-state index contributed by atoms with van der Waals surface area (Å²) < 4.78 is 42.4. The zero-order valence-corrected chi connectivity index (χ0v) is 44.1. The molecule has 2 aromatic rings. The maximum absolute atomic E-state index is 11.2. The fourth-order valence-electron chi connectivity index (χ4n) is 3.72. The molecule has 0 aromatic heterocycles. The Bertz CT molecular complexity index is 2220. The summed E-state index contributed by atoms with van der Waals surface area (Å²) in [5.74, 6) is -4.21. The second-order valence-corrected chi connectivity index (χ2v) is 15.3. The average Bonchev–Trinajstić information content (AvgIpc) is 3.39. The number of aliphatic hydroxyl groups excluding tert-OH is 2. The van der Waals surface area contributed by atoms with E-state index in [4.69, 9.17) is 23.7 Å². The van der Waals surface area contributed by atoms with Crippen molar-refractivity contribution in [3.63, 3.8) is 0 Å². The fraction of sp³-hybridized carbons (Fsp3) is 0.327. The minimum absolute atomic E-state index is 0.0193. The van der Waals surface area contributed by atoms with Gasteiger partial charge in [0.1, 0.15) is 71.7 Å². The third kappa shape index (κ3) is 42.9. The van der Waals surface area contributed by atoms with Crippen LogP contribution in [0.3, 0.4) is 0 Å². The number of carbonyl (C=O) groups is 9. The number of rotatable bonds is 26. The number of ether oxygens (including phenoxy) is 9. The Balaban J connectivity index is -0.000000885. The lowest BCUT2D eigenvalue weighted by Crippen LogP contribution is -2.29. The van der Waals surface area contributed by atoms with E-state index in [0.29, 0.717) is 18.8 Å². The van der Waals surface area contributed by atoms with Gasteiger partial charge < -0.3 is 58.2 Å². The quantitative estimate of drug-likeness (QED) is 0.0424. The van der Waals surface area contributed by atoms with E-state index in [1.165, 1.54) is 34.6 Å². The van der Waals surface area contributed by atoms with E-state index in [9.17, 15) is 53.4 Å². The summed E-state index contributed by atoms with van der Waals surface area (Å²) in [6, 6.07) is 19.1. The third-order valence-corrected chi connectivity index (χ3v) is 7.65. The first kappa shape index (κ1) is 71.6. The number of carbonyl (C=O) groups excluding carboxylic acids is 9. The minimum Gasteiger partial charge on any atom is -0.460 e. The highest BCUT2D eigenvalue weighted by Gasteiger charge is 2.13. The second kappa shape index (κ2) is 43.9. The van der Waals surface area contributed by atoms with Crippen molar-refractivity contribution in [2.45, 2.75) is 67.0 Å². The molecule has 0 spiro atoms. The average molecular weight is 1070 g/mol. The van der Waals surface area contributed by atoms with Gasteiger partial charge in [0.2, 0.25) is 0 Å². The van der Waals surface area contributed by atoms with Crippen LogP contribution in [0.1, 0.15) is 52.7 Å². The van der Waals surface area contributed by atoms with Crippen LogP contribution in [-0.4, -0.2) is 129 Å². The van der Waals surface area contributed by atoms with Crippen molar-refractivity contribution in [2.24, 2.45) is 0 Å². The monoisotopic (exact) mass is 1070 g/mol. The van der Waals surface area contributed by atoms with Gasteiger partial charge in [0.05, 0.1) is 6.54 Å². The maximum atomic E-state index is 11.2. The SMILES string of the molecule is C=C(C)C(=O)OCC(O)COC(=O)C(=C)C.C=C(C)C(=O)OCCNC(=O)OCCOC(=O)C(=C)C.C=C(C)C(=O)OCc1ccccc1.C=CC(=O)OCC(O)COC(=O)C(=C)C.C=CC(=O)OCc1ccccc1. The van der Waals surface area contributed by atoms with Crippen LogP contribution in [-0.2, 0) is 94.2 Å². The van der Waals surface area contributed by atoms with Gasteiger partial charge in [-0.3, -0.25) is 0 Å². The molecule has 3 N–H and O–H groups in total. The topological polar surface area (TPSA) is 289 Å². The molecule has 21 heteroatoms. The zero-order valence-electron chi connectivity index (χ0n) is 44.1. The van der Waals surface area contributed by atoms with Crippen molar-refractivity contribution in [3.05, 3.63) is 170 Å². The molecule has 0 aliphatic carbocycles. The van der Waals surface area contributed by atoms with E-state index in [1.807, 2.05) is 60.7 Å². The predicted molar refractivity (Wildman–Crippen MR) is 279 cm³/mol. The summed E-state index contributed by atoms with van der Waals surface area (Å²) in [7, 11) is 0. The Morgan fingerprint density at radius 2 is 0.711 bits per heavy atom. The van der Waals surface area contributed by atoms with Crippen LogP contribution in [0, 0.1) is 0 Å². The standard InChI is InChI=1S/C13H19NO6.C11H16O5.C11H12O2.C10H14O5.C10H10O2/c1-9(2)11(15)18-6-5-14-13(17)20-8-7-19-12(16)10(3)4;1-7(2)10(13)15-5-9(12)6-16-11(14)8(3)4;1-9(2)11(12)13-8-10-6-4-3-5-7-10;1-4-9(12)14-5-8(11)6-15-10(13)7(2)3;1-2-10(11)12-8-9-6-4-3-5-7-9/h1,3,5-8H2,2,4H3,(H,14,17);9,12H,1,3,5-6H2,2,4H3;3-7H,1,8H2,2H3;4,8,11H,1-2,5-6H2,3H3;2-7H,1,8H2. The second-order valence-electron chi connectivity index (χ2n) is 15.3. The molecule has 416 valence electrons. The molecular weight excluding hydrogens is 995 g/mol. The molecule has 1 atom stereocenters. The zero-order chi connectivity index (χ0) is 58.6. The van der Waals surface area contributed by atoms with Gasteiger partial charge in [-0.25, -0.2) is 43.2 Å². The maximum Gasteiger partial charge on any atom is 0.407 e. The lowest BCUT2D eigenvalue weighted by molar-refractivity contribution is -0.148. The van der Waals surface area contributed by atoms with E-state index in [1.54, 1.807) is 6.92 Å². The van der Waals surface area contributed by atoms with Crippen LogP contribution in [0.4, 0.5) is 4.79 Å². The van der Waals surface area contributed by atoms with Gasteiger partial charge in [-0.05, 0) is 52.7 Å². The van der Waals surface area contributed by atoms with Crippen molar-refractivity contribution in [3.8, 4) is 0 Å². The predicted octanol–water partition coefficient (Wildman–Crippen LogP) is 5.95.